The molecular formula is C9H9NO2. The third kappa shape index (κ3) is 1.34. The van der Waals surface area contributed by atoms with Gasteiger partial charge in [0.05, 0.1) is 12.7 Å². The second-order valence-electron chi connectivity index (χ2n) is 2.14. The Hall–Kier alpha value is -1.64. The monoisotopic (exact) mass is 163 g/mol. The Kier molecular flexibility index (Phi) is 2.58. The van der Waals surface area contributed by atoms with Crippen LogP contribution in [-0.2, 0) is 0 Å². The minimum Gasteiger partial charge on any atom is -0.494 e. The molecule has 1 aromatic heterocycles. The van der Waals surface area contributed by atoms with Gasteiger partial charge in [-0.15, -0.1) is 0 Å². The predicted molar refractivity (Wildman–Crippen MR) is 46.3 cm³/mol. The van der Waals surface area contributed by atoms with Crippen molar-refractivity contribution in [2.75, 3.05) is 7.11 Å². The SMILES string of the molecule is C=Cc1nccc(C=O)c1OC. The second kappa shape index (κ2) is 3.67. The van der Waals surface area contributed by atoms with Crippen LogP contribution in [0.2, 0.25) is 0 Å². The Labute approximate surface area is 70.7 Å². The number of carbonyl (C=O) groups is 1. The summed E-state index contributed by atoms with van der Waals surface area (Å²) in [5.41, 5.74) is 1.07. The lowest BCUT2D eigenvalue weighted by Crippen LogP contribution is -1.95. The number of hydrogen-bond acceptors (Lipinski definition) is 3. The molecule has 0 saturated carbocycles. The number of aromatic nitrogens is 1. The maximum absolute atomic E-state index is 10.5. The molecule has 0 saturated heterocycles. The van der Waals surface area contributed by atoms with E-state index < -0.39 is 0 Å². The zero-order valence-corrected chi connectivity index (χ0v) is 6.78. The van der Waals surface area contributed by atoms with Gasteiger partial charge in [-0.1, -0.05) is 6.58 Å². The summed E-state index contributed by atoms with van der Waals surface area (Å²) in [7, 11) is 1.50. The highest BCUT2D eigenvalue weighted by molar-refractivity contribution is 5.81. The highest BCUT2D eigenvalue weighted by atomic mass is 16.5. The minimum atomic E-state index is 0.475. The summed E-state index contributed by atoms with van der Waals surface area (Å²) in [6.07, 6.45) is 3.82. The first kappa shape index (κ1) is 8.46. The van der Waals surface area contributed by atoms with E-state index in [1.54, 1.807) is 18.3 Å². The molecule has 0 radical (unpaired) electrons. The molecule has 62 valence electrons. The van der Waals surface area contributed by atoms with E-state index in [1.165, 1.54) is 7.11 Å². The number of ether oxygens (including phenoxy) is 1. The number of methoxy groups -OCH3 is 1. The maximum Gasteiger partial charge on any atom is 0.154 e. The number of carbonyl (C=O) groups excluding carboxylic acids is 1. The van der Waals surface area contributed by atoms with Crippen molar-refractivity contribution in [1.82, 2.24) is 4.98 Å². The van der Waals surface area contributed by atoms with Gasteiger partial charge >= 0.3 is 0 Å². The van der Waals surface area contributed by atoms with Gasteiger partial charge in [0.1, 0.15) is 5.69 Å². The van der Waals surface area contributed by atoms with E-state index >= 15 is 0 Å². The maximum atomic E-state index is 10.5. The van der Waals surface area contributed by atoms with Crippen LogP contribution in [0.1, 0.15) is 16.1 Å². The van der Waals surface area contributed by atoms with Crippen molar-refractivity contribution >= 4 is 12.4 Å². The molecule has 0 aromatic carbocycles. The van der Waals surface area contributed by atoms with Crippen LogP contribution in [0, 0.1) is 0 Å². The summed E-state index contributed by atoms with van der Waals surface area (Å²) >= 11 is 0. The van der Waals surface area contributed by atoms with Crippen molar-refractivity contribution in [3.05, 3.63) is 30.1 Å². The standard InChI is InChI=1S/C9H9NO2/c1-3-8-9(12-2)7(6-11)4-5-10-8/h3-6H,1H2,2H3. The summed E-state index contributed by atoms with van der Waals surface area (Å²) in [5.74, 6) is 0.475. The van der Waals surface area contributed by atoms with Gasteiger partial charge in [0.2, 0.25) is 0 Å². The van der Waals surface area contributed by atoms with E-state index in [-0.39, 0.29) is 0 Å². The van der Waals surface area contributed by atoms with Crippen molar-refractivity contribution in [2.24, 2.45) is 0 Å². The molecule has 12 heavy (non-hydrogen) atoms. The third-order valence-corrected chi connectivity index (χ3v) is 1.49. The molecule has 0 N–H and O–H groups in total. The molecule has 0 amide bonds. The lowest BCUT2D eigenvalue weighted by molar-refractivity contribution is 0.112. The lowest BCUT2D eigenvalue weighted by atomic mass is 10.2. The van der Waals surface area contributed by atoms with Crippen LogP contribution in [-0.4, -0.2) is 18.4 Å². The molecule has 1 heterocycles. The molecule has 0 bridgehead atoms. The van der Waals surface area contributed by atoms with Crippen LogP contribution in [0.5, 0.6) is 5.75 Å². The lowest BCUT2D eigenvalue weighted by Gasteiger charge is -2.04. The number of pyridine rings is 1. The summed E-state index contributed by atoms with van der Waals surface area (Å²) in [5, 5.41) is 0. The smallest absolute Gasteiger partial charge is 0.154 e. The summed E-state index contributed by atoms with van der Waals surface area (Å²) in [6, 6.07) is 1.60. The molecule has 0 unspecified atom stereocenters. The molecule has 3 nitrogen and oxygen atoms in total. The number of hydrogen-bond donors (Lipinski definition) is 0. The van der Waals surface area contributed by atoms with Gasteiger partial charge in [-0.2, -0.15) is 0 Å². The first-order chi connectivity index (χ1) is 5.83. The number of rotatable bonds is 3. The van der Waals surface area contributed by atoms with E-state index in [0.717, 1.165) is 6.29 Å². The van der Waals surface area contributed by atoms with Crippen LogP contribution < -0.4 is 4.74 Å². The van der Waals surface area contributed by atoms with Gasteiger partial charge in [-0.05, 0) is 12.1 Å². The van der Waals surface area contributed by atoms with E-state index in [4.69, 9.17) is 4.74 Å². The van der Waals surface area contributed by atoms with Gasteiger partial charge in [-0.3, -0.25) is 9.78 Å². The van der Waals surface area contributed by atoms with Gasteiger partial charge in [0.25, 0.3) is 0 Å². The van der Waals surface area contributed by atoms with E-state index in [2.05, 4.69) is 11.6 Å². The molecule has 0 spiro atoms. The number of nitrogens with zero attached hydrogens (tertiary/aromatic N) is 1. The first-order valence-electron chi connectivity index (χ1n) is 3.44. The molecule has 0 fully saturated rings. The zero-order chi connectivity index (χ0) is 8.97. The highest BCUT2D eigenvalue weighted by Crippen LogP contribution is 2.20. The average molecular weight is 163 g/mol. The Morgan fingerprint density at radius 2 is 2.42 bits per heavy atom. The third-order valence-electron chi connectivity index (χ3n) is 1.49. The molecule has 0 atom stereocenters. The quantitative estimate of drug-likeness (QED) is 0.634. The van der Waals surface area contributed by atoms with Crippen LogP contribution in [0.25, 0.3) is 6.08 Å². The predicted octanol–water partition coefficient (Wildman–Crippen LogP) is 1.55. The van der Waals surface area contributed by atoms with Gasteiger partial charge in [-0.25, -0.2) is 0 Å². The molecule has 1 aromatic rings. The molecule has 0 aliphatic carbocycles. The minimum absolute atomic E-state index is 0.475. The summed E-state index contributed by atoms with van der Waals surface area (Å²) < 4.78 is 4.99. The summed E-state index contributed by atoms with van der Waals surface area (Å²) in [6.45, 7) is 3.56. The van der Waals surface area contributed by atoms with Crippen molar-refractivity contribution in [2.45, 2.75) is 0 Å². The Morgan fingerprint density at radius 1 is 1.67 bits per heavy atom. The van der Waals surface area contributed by atoms with Crippen LogP contribution in [0.15, 0.2) is 18.8 Å². The summed E-state index contributed by atoms with van der Waals surface area (Å²) in [4.78, 5) is 14.5. The fourth-order valence-corrected chi connectivity index (χ4v) is 0.941. The van der Waals surface area contributed by atoms with E-state index in [0.29, 0.717) is 17.0 Å². The van der Waals surface area contributed by atoms with Gasteiger partial charge < -0.3 is 4.74 Å². The first-order valence-corrected chi connectivity index (χ1v) is 3.44. The second-order valence-corrected chi connectivity index (χ2v) is 2.14. The van der Waals surface area contributed by atoms with Gasteiger partial charge in [0.15, 0.2) is 12.0 Å². The molecular weight excluding hydrogens is 154 g/mol. The molecule has 1 rings (SSSR count). The normalized spacial score (nSPS) is 9.08. The molecule has 3 heteroatoms. The largest absolute Gasteiger partial charge is 0.494 e. The van der Waals surface area contributed by atoms with Crippen molar-refractivity contribution < 1.29 is 9.53 Å². The van der Waals surface area contributed by atoms with E-state index in [9.17, 15) is 4.79 Å². The Morgan fingerprint density at radius 3 is 2.92 bits per heavy atom. The van der Waals surface area contributed by atoms with E-state index in [1.807, 2.05) is 0 Å². The fourth-order valence-electron chi connectivity index (χ4n) is 0.941. The topological polar surface area (TPSA) is 39.2 Å². The molecule has 0 aliphatic rings. The Bertz CT molecular complexity index is 281. The molecule has 0 aliphatic heterocycles. The van der Waals surface area contributed by atoms with Crippen molar-refractivity contribution in [3.63, 3.8) is 0 Å². The van der Waals surface area contributed by atoms with Crippen molar-refractivity contribution in [3.8, 4) is 5.75 Å². The van der Waals surface area contributed by atoms with Gasteiger partial charge in [0, 0.05) is 6.20 Å². The zero-order valence-electron chi connectivity index (χ0n) is 6.78. The van der Waals surface area contributed by atoms with Crippen LogP contribution >= 0.6 is 0 Å². The van der Waals surface area contributed by atoms with Crippen LogP contribution in [0.4, 0.5) is 0 Å². The fraction of sp³-hybridized carbons (Fsp3) is 0.111. The van der Waals surface area contributed by atoms with Crippen molar-refractivity contribution in [1.29, 1.82) is 0 Å². The van der Waals surface area contributed by atoms with Crippen LogP contribution in [0.3, 0.4) is 0 Å². The highest BCUT2D eigenvalue weighted by Gasteiger charge is 2.05. The average Bonchev–Trinajstić information content (AvgIpc) is 2.16. The number of aldehydes is 1. The Balaban J connectivity index is 3.30.